The Labute approximate surface area is 109 Å². The highest BCUT2D eigenvalue weighted by Crippen LogP contribution is 2.16. The molecule has 0 spiro atoms. The van der Waals surface area contributed by atoms with Crippen molar-refractivity contribution < 1.29 is 4.39 Å². The van der Waals surface area contributed by atoms with Crippen molar-refractivity contribution in [3.05, 3.63) is 54.3 Å². The summed E-state index contributed by atoms with van der Waals surface area (Å²) < 4.78 is 12.8. The maximum atomic E-state index is 12.8. The molecule has 0 bridgehead atoms. The van der Waals surface area contributed by atoms with Crippen LogP contribution < -0.4 is 10.5 Å². The molecule has 0 aliphatic carbocycles. The largest absolute Gasteiger partial charge is 0.356 e. The van der Waals surface area contributed by atoms with E-state index in [-0.39, 0.29) is 5.82 Å². The summed E-state index contributed by atoms with van der Waals surface area (Å²) in [5, 5.41) is 4.70. The molecule has 0 radical (unpaired) electrons. The van der Waals surface area contributed by atoms with Crippen LogP contribution in [0.4, 0.5) is 15.8 Å². The minimum atomic E-state index is -1.23. The fourth-order valence-electron chi connectivity index (χ4n) is 1.75. The van der Waals surface area contributed by atoms with Crippen molar-refractivity contribution >= 4 is 24.6 Å². The monoisotopic (exact) mass is 259 g/mol. The van der Waals surface area contributed by atoms with Gasteiger partial charge in [-0.15, -0.1) is 0 Å². The molecule has 0 aliphatic heterocycles. The SMILES string of the molecule is C[Si](C)(C)c1ccc(Nc2ccc(F)cc2)cc1. The maximum Gasteiger partial charge on any atom is 0.123 e. The third-order valence-corrected chi connectivity index (χ3v) is 4.95. The first-order valence-electron chi connectivity index (χ1n) is 6.08. The summed E-state index contributed by atoms with van der Waals surface area (Å²) in [6.07, 6.45) is 0. The number of halogens is 1. The highest BCUT2D eigenvalue weighted by Gasteiger charge is 2.15. The van der Waals surface area contributed by atoms with E-state index in [0.29, 0.717) is 0 Å². The molecule has 94 valence electrons. The molecule has 2 aromatic rings. The standard InChI is InChI=1S/C15H18FNSi/c1-18(2,3)15-10-8-14(9-11-15)17-13-6-4-12(16)5-7-13/h4-11,17H,1-3H3. The fourth-order valence-corrected chi connectivity index (χ4v) is 2.92. The highest BCUT2D eigenvalue weighted by molar-refractivity contribution is 6.88. The second kappa shape index (κ2) is 4.94. The summed E-state index contributed by atoms with van der Waals surface area (Å²) >= 11 is 0. The zero-order valence-electron chi connectivity index (χ0n) is 11.0. The predicted octanol–water partition coefficient (Wildman–Crippen LogP) is 4.11. The first-order chi connectivity index (χ1) is 8.45. The Bertz CT molecular complexity index is 512. The topological polar surface area (TPSA) is 12.0 Å². The van der Waals surface area contributed by atoms with Crippen LogP contribution in [-0.2, 0) is 0 Å². The first kappa shape index (κ1) is 12.8. The molecule has 0 unspecified atom stereocenters. The number of anilines is 2. The Balaban J connectivity index is 2.13. The van der Waals surface area contributed by atoms with Crippen LogP contribution in [-0.4, -0.2) is 8.07 Å². The normalized spacial score (nSPS) is 11.3. The lowest BCUT2D eigenvalue weighted by molar-refractivity contribution is 0.628. The summed E-state index contributed by atoms with van der Waals surface area (Å²) in [5.74, 6) is -0.213. The van der Waals surface area contributed by atoms with E-state index in [9.17, 15) is 4.39 Å². The summed E-state index contributed by atoms with van der Waals surface area (Å²) in [7, 11) is -1.23. The van der Waals surface area contributed by atoms with Crippen LogP contribution in [0.3, 0.4) is 0 Å². The summed E-state index contributed by atoms with van der Waals surface area (Å²) in [4.78, 5) is 0. The van der Waals surface area contributed by atoms with Gasteiger partial charge in [0.15, 0.2) is 0 Å². The molecule has 0 saturated carbocycles. The van der Waals surface area contributed by atoms with Gasteiger partial charge in [-0.3, -0.25) is 0 Å². The van der Waals surface area contributed by atoms with Gasteiger partial charge in [-0.2, -0.15) is 0 Å². The van der Waals surface area contributed by atoms with Gasteiger partial charge in [0, 0.05) is 11.4 Å². The number of benzene rings is 2. The molecule has 0 saturated heterocycles. The summed E-state index contributed by atoms with van der Waals surface area (Å²) in [6.45, 7) is 6.99. The minimum Gasteiger partial charge on any atom is -0.356 e. The van der Waals surface area contributed by atoms with E-state index in [4.69, 9.17) is 0 Å². The van der Waals surface area contributed by atoms with Crippen molar-refractivity contribution in [2.24, 2.45) is 0 Å². The highest BCUT2D eigenvalue weighted by atomic mass is 28.3. The molecule has 0 fully saturated rings. The molecule has 0 aromatic heterocycles. The van der Waals surface area contributed by atoms with Crippen molar-refractivity contribution in [1.82, 2.24) is 0 Å². The van der Waals surface area contributed by atoms with E-state index in [0.717, 1.165) is 11.4 Å². The van der Waals surface area contributed by atoms with Gasteiger partial charge in [-0.25, -0.2) is 4.39 Å². The molecule has 2 aromatic carbocycles. The number of hydrogen-bond acceptors (Lipinski definition) is 1. The van der Waals surface area contributed by atoms with E-state index in [1.165, 1.54) is 17.3 Å². The molecule has 0 heterocycles. The molecule has 1 nitrogen and oxygen atoms in total. The van der Waals surface area contributed by atoms with Crippen LogP contribution in [0.5, 0.6) is 0 Å². The van der Waals surface area contributed by atoms with Gasteiger partial charge >= 0.3 is 0 Å². The second-order valence-corrected chi connectivity index (χ2v) is 10.5. The molecule has 18 heavy (non-hydrogen) atoms. The van der Waals surface area contributed by atoms with Crippen molar-refractivity contribution in [1.29, 1.82) is 0 Å². The van der Waals surface area contributed by atoms with E-state index in [2.05, 4.69) is 49.2 Å². The lowest BCUT2D eigenvalue weighted by Crippen LogP contribution is -2.37. The van der Waals surface area contributed by atoms with Gasteiger partial charge in [0.25, 0.3) is 0 Å². The minimum absolute atomic E-state index is 0.213. The second-order valence-electron chi connectivity index (χ2n) is 5.46. The fraction of sp³-hybridized carbons (Fsp3) is 0.200. The zero-order chi connectivity index (χ0) is 13.2. The van der Waals surface area contributed by atoms with Gasteiger partial charge in [0.1, 0.15) is 5.82 Å². The van der Waals surface area contributed by atoms with Gasteiger partial charge < -0.3 is 5.32 Å². The van der Waals surface area contributed by atoms with Crippen LogP contribution in [0, 0.1) is 5.82 Å². The third kappa shape index (κ3) is 3.20. The van der Waals surface area contributed by atoms with E-state index in [1.807, 2.05) is 0 Å². The first-order valence-corrected chi connectivity index (χ1v) is 9.58. The number of nitrogens with one attached hydrogen (secondary N) is 1. The van der Waals surface area contributed by atoms with Gasteiger partial charge in [-0.05, 0) is 36.4 Å². The average molecular weight is 259 g/mol. The molecular formula is C15H18FNSi. The van der Waals surface area contributed by atoms with Gasteiger partial charge in [0.05, 0.1) is 8.07 Å². The van der Waals surface area contributed by atoms with E-state index >= 15 is 0 Å². The summed E-state index contributed by atoms with van der Waals surface area (Å²) in [5.41, 5.74) is 1.93. The van der Waals surface area contributed by atoms with Crippen molar-refractivity contribution in [2.45, 2.75) is 19.6 Å². The Morgan fingerprint density at radius 1 is 0.778 bits per heavy atom. The van der Waals surface area contributed by atoms with Crippen LogP contribution >= 0.6 is 0 Å². The Kier molecular flexibility index (Phi) is 3.52. The number of rotatable bonds is 3. The Morgan fingerprint density at radius 2 is 1.22 bits per heavy atom. The molecule has 0 amide bonds. The van der Waals surface area contributed by atoms with Gasteiger partial charge in [0.2, 0.25) is 0 Å². The lowest BCUT2D eigenvalue weighted by Gasteiger charge is -2.17. The smallest absolute Gasteiger partial charge is 0.123 e. The molecule has 1 N–H and O–H groups in total. The predicted molar refractivity (Wildman–Crippen MR) is 79.1 cm³/mol. The van der Waals surface area contributed by atoms with E-state index < -0.39 is 8.07 Å². The molecule has 3 heteroatoms. The lowest BCUT2D eigenvalue weighted by atomic mass is 10.2. The number of hydrogen-bond donors (Lipinski definition) is 1. The van der Waals surface area contributed by atoms with Crippen LogP contribution in [0.1, 0.15) is 0 Å². The van der Waals surface area contributed by atoms with Crippen molar-refractivity contribution in [3.8, 4) is 0 Å². The van der Waals surface area contributed by atoms with Crippen LogP contribution in [0.15, 0.2) is 48.5 Å². The molecular weight excluding hydrogens is 241 g/mol. The maximum absolute atomic E-state index is 12.8. The molecule has 0 aliphatic rings. The Hall–Kier alpha value is -1.61. The van der Waals surface area contributed by atoms with Crippen LogP contribution in [0.2, 0.25) is 19.6 Å². The third-order valence-electron chi connectivity index (χ3n) is 2.88. The van der Waals surface area contributed by atoms with Crippen LogP contribution in [0.25, 0.3) is 0 Å². The zero-order valence-corrected chi connectivity index (χ0v) is 12.0. The molecule has 0 atom stereocenters. The Morgan fingerprint density at radius 3 is 1.67 bits per heavy atom. The average Bonchev–Trinajstić information content (AvgIpc) is 2.32. The molecule has 2 rings (SSSR count). The van der Waals surface area contributed by atoms with E-state index in [1.54, 1.807) is 12.1 Å². The summed E-state index contributed by atoms with van der Waals surface area (Å²) in [6, 6.07) is 14.9. The van der Waals surface area contributed by atoms with Gasteiger partial charge in [-0.1, -0.05) is 37.0 Å². The quantitative estimate of drug-likeness (QED) is 0.818. The van der Waals surface area contributed by atoms with Crippen molar-refractivity contribution in [2.75, 3.05) is 5.32 Å². The van der Waals surface area contributed by atoms with Crippen molar-refractivity contribution in [3.63, 3.8) is 0 Å².